The minimum atomic E-state index is 0.510. The first-order valence-corrected chi connectivity index (χ1v) is 8.78. The lowest BCUT2D eigenvalue weighted by atomic mass is 9.86. The lowest BCUT2D eigenvalue weighted by Crippen LogP contribution is -2.07. The fraction of sp³-hybridized carbons (Fsp3) is 0.250. The molecule has 0 aliphatic rings. The highest BCUT2D eigenvalue weighted by Crippen LogP contribution is 2.26. The highest BCUT2D eigenvalue weighted by atomic mass is 14.2. The Kier molecular flexibility index (Phi) is 5.15. The van der Waals surface area contributed by atoms with E-state index in [4.69, 9.17) is 0 Å². The number of benzene rings is 3. The number of hydrogen-bond donors (Lipinski definition) is 0. The van der Waals surface area contributed by atoms with E-state index in [1.165, 1.54) is 33.4 Å². The van der Waals surface area contributed by atoms with Crippen LogP contribution in [0.1, 0.15) is 39.3 Å². The lowest BCUT2D eigenvalue weighted by molar-refractivity contribution is 0.679. The van der Waals surface area contributed by atoms with E-state index in [-0.39, 0.29) is 0 Å². The Balaban J connectivity index is 1.86. The fourth-order valence-corrected chi connectivity index (χ4v) is 3.16. The molecule has 0 aliphatic carbocycles. The van der Waals surface area contributed by atoms with Crippen molar-refractivity contribution in [1.29, 1.82) is 0 Å². The topological polar surface area (TPSA) is 0 Å². The van der Waals surface area contributed by atoms with Crippen molar-refractivity contribution in [1.82, 2.24) is 0 Å². The molecule has 0 bridgehead atoms. The van der Waals surface area contributed by atoms with Gasteiger partial charge < -0.3 is 0 Å². The first-order chi connectivity index (χ1) is 11.6. The van der Waals surface area contributed by atoms with Crippen LogP contribution in [0.2, 0.25) is 0 Å². The van der Waals surface area contributed by atoms with E-state index in [0.717, 1.165) is 12.8 Å². The molecular formula is C24H26. The van der Waals surface area contributed by atoms with Gasteiger partial charge in [0.05, 0.1) is 0 Å². The molecule has 3 rings (SSSR count). The van der Waals surface area contributed by atoms with Crippen molar-refractivity contribution in [2.24, 2.45) is 0 Å². The van der Waals surface area contributed by atoms with Crippen LogP contribution in [0.5, 0.6) is 0 Å². The van der Waals surface area contributed by atoms with Gasteiger partial charge in [0.15, 0.2) is 0 Å². The summed E-state index contributed by atoms with van der Waals surface area (Å²) in [5, 5.41) is 0. The third-order valence-electron chi connectivity index (χ3n) is 4.75. The molecule has 0 unspecified atom stereocenters. The van der Waals surface area contributed by atoms with Crippen LogP contribution in [0.3, 0.4) is 0 Å². The van der Waals surface area contributed by atoms with Crippen LogP contribution in [-0.2, 0) is 12.8 Å². The van der Waals surface area contributed by atoms with Gasteiger partial charge in [0, 0.05) is 0 Å². The summed E-state index contributed by atoms with van der Waals surface area (Å²) < 4.78 is 0. The van der Waals surface area contributed by atoms with E-state index in [2.05, 4.69) is 93.6 Å². The van der Waals surface area contributed by atoms with Crippen molar-refractivity contribution in [3.8, 4) is 0 Å². The minimum absolute atomic E-state index is 0.510. The van der Waals surface area contributed by atoms with Gasteiger partial charge in [0.2, 0.25) is 0 Å². The second-order valence-electron chi connectivity index (χ2n) is 6.99. The number of hydrogen-bond acceptors (Lipinski definition) is 0. The zero-order valence-electron chi connectivity index (χ0n) is 14.9. The van der Waals surface area contributed by atoms with Crippen molar-refractivity contribution >= 4 is 0 Å². The van der Waals surface area contributed by atoms with Crippen LogP contribution in [0.4, 0.5) is 0 Å². The molecule has 122 valence electrons. The molecule has 0 aromatic heterocycles. The molecular weight excluding hydrogens is 288 g/mol. The maximum atomic E-state index is 2.29. The molecule has 0 heterocycles. The Labute approximate surface area is 146 Å². The van der Waals surface area contributed by atoms with Crippen LogP contribution < -0.4 is 0 Å². The summed E-state index contributed by atoms with van der Waals surface area (Å²) in [7, 11) is 0. The Morgan fingerprint density at radius 3 is 1.21 bits per heavy atom. The summed E-state index contributed by atoms with van der Waals surface area (Å²) in [6.45, 7) is 6.44. The molecule has 24 heavy (non-hydrogen) atoms. The van der Waals surface area contributed by atoms with Crippen molar-refractivity contribution in [2.75, 3.05) is 0 Å². The molecule has 0 radical (unpaired) electrons. The first-order valence-electron chi connectivity index (χ1n) is 8.78. The van der Waals surface area contributed by atoms with Crippen LogP contribution in [0.25, 0.3) is 0 Å². The normalized spacial score (nSPS) is 11.0. The Hall–Kier alpha value is -2.34. The van der Waals surface area contributed by atoms with Crippen molar-refractivity contribution < 1.29 is 0 Å². The Bertz CT molecular complexity index is 714. The van der Waals surface area contributed by atoms with E-state index < -0.39 is 0 Å². The molecule has 0 amide bonds. The van der Waals surface area contributed by atoms with Crippen LogP contribution >= 0.6 is 0 Å². The fourth-order valence-electron chi connectivity index (χ4n) is 3.16. The van der Waals surface area contributed by atoms with Crippen LogP contribution in [0.15, 0.2) is 72.8 Å². The molecule has 3 aromatic carbocycles. The molecule has 3 aromatic rings. The van der Waals surface area contributed by atoms with E-state index >= 15 is 0 Å². The second-order valence-corrected chi connectivity index (χ2v) is 6.99. The van der Waals surface area contributed by atoms with Crippen molar-refractivity contribution in [3.05, 3.63) is 106 Å². The van der Waals surface area contributed by atoms with E-state index in [9.17, 15) is 0 Å². The van der Waals surface area contributed by atoms with Crippen LogP contribution in [0, 0.1) is 20.8 Å². The zero-order chi connectivity index (χ0) is 16.9. The van der Waals surface area contributed by atoms with E-state index in [1.807, 2.05) is 0 Å². The average Bonchev–Trinajstić information content (AvgIpc) is 2.59. The largest absolute Gasteiger partial charge is 0.0591 e. The van der Waals surface area contributed by atoms with Gasteiger partial charge >= 0.3 is 0 Å². The Morgan fingerprint density at radius 2 is 0.833 bits per heavy atom. The van der Waals surface area contributed by atoms with Gasteiger partial charge in [-0.3, -0.25) is 0 Å². The molecule has 0 N–H and O–H groups in total. The molecule has 0 heteroatoms. The summed E-state index contributed by atoms with van der Waals surface area (Å²) in [6, 6.07) is 27.0. The SMILES string of the molecule is Cc1ccc(CC(Cc2ccc(C)cc2)c2ccc(C)cc2)cc1. The van der Waals surface area contributed by atoms with E-state index in [1.54, 1.807) is 0 Å². The van der Waals surface area contributed by atoms with Gasteiger partial charge in [-0.15, -0.1) is 0 Å². The van der Waals surface area contributed by atoms with Gasteiger partial charge in [-0.1, -0.05) is 89.5 Å². The Morgan fingerprint density at radius 1 is 0.500 bits per heavy atom. The highest BCUT2D eigenvalue weighted by molar-refractivity contribution is 5.31. The third-order valence-corrected chi connectivity index (χ3v) is 4.75. The standard InChI is InChI=1S/C24H26/c1-18-4-10-21(11-5-18)16-24(23-14-8-20(3)9-15-23)17-22-12-6-19(2)7-13-22/h4-15,24H,16-17H2,1-3H3. The van der Waals surface area contributed by atoms with Gasteiger partial charge in [0.25, 0.3) is 0 Å². The summed E-state index contributed by atoms with van der Waals surface area (Å²) in [4.78, 5) is 0. The molecule has 0 saturated carbocycles. The quantitative estimate of drug-likeness (QED) is 0.527. The molecule has 0 saturated heterocycles. The minimum Gasteiger partial charge on any atom is -0.0591 e. The van der Waals surface area contributed by atoms with Crippen molar-refractivity contribution in [2.45, 2.75) is 39.5 Å². The third kappa shape index (κ3) is 4.35. The average molecular weight is 314 g/mol. The monoisotopic (exact) mass is 314 g/mol. The van der Waals surface area contributed by atoms with Gasteiger partial charge in [0.1, 0.15) is 0 Å². The predicted octanol–water partition coefficient (Wildman–Crippen LogP) is 6.18. The smallest absolute Gasteiger partial charge is 0.00810 e. The molecule has 0 spiro atoms. The molecule has 0 atom stereocenters. The lowest BCUT2D eigenvalue weighted by Gasteiger charge is -2.18. The van der Waals surface area contributed by atoms with Gasteiger partial charge in [-0.05, 0) is 56.2 Å². The second kappa shape index (κ2) is 7.49. The molecule has 0 aliphatic heterocycles. The first kappa shape index (κ1) is 16.5. The summed E-state index contributed by atoms with van der Waals surface area (Å²) in [6.07, 6.45) is 2.16. The molecule has 0 fully saturated rings. The van der Waals surface area contributed by atoms with Crippen LogP contribution in [-0.4, -0.2) is 0 Å². The number of rotatable bonds is 5. The highest BCUT2D eigenvalue weighted by Gasteiger charge is 2.13. The van der Waals surface area contributed by atoms with Gasteiger partial charge in [-0.2, -0.15) is 0 Å². The summed E-state index contributed by atoms with van der Waals surface area (Å²) in [5.41, 5.74) is 8.23. The summed E-state index contributed by atoms with van der Waals surface area (Å²) >= 11 is 0. The molecule has 0 nitrogen and oxygen atoms in total. The predicted molar refractivity (Wildman–Crippen MR) is 104 cm³/mol. The van der Waals surface area contributed by atoms with Crippen molar-refractivity contribution in [3.63, 3.8) is 0 Å². The maximum Gasteiger partial charge on any atom is -0.00810 e. The zero-order valence-corrected chi connectivity index (χ0v) is 14.9. The van der Waals surface area contributed by atoms with Gasteiger partial charge in [-0.25, -0.2) is 0 Å². The summed E-state index contributed by atoms with van der Waals surface area (Å²) in [5.74, 6) is 0.510. The maximum absolute atomic E-state index is 2.29. The van der Waals surface area contributed by atoms with E-state index in [0.29, 0.717) is 5.92 Å². The number of aryl methyl sites for hydroxylation is 3.